The summed E-state index contributed by atoms with van der Waals surface area (Å²) in [6, 6.07) is 5.78. The lowest BCUT2D eigenvalue weighted by Gasteiger charge is -2.09. The number of aryl methyl sites for hydroxylation is 1. The number of halogens is 2. The number of benzene rings is 1. The van der Waals surface area contributed by atoms with E-state index < -0.39 is 0 Å². The van der Waals surface area contributed by atoms with E-state index in [0.717, 1.165) is 15.8 Å². The van der Waals surface area contributed by atoms with Gasteiger partial charge in [-0.15, -0.1) is 0 Å². The van der Waals surface area contributed by atoms with Crippen LogP contribution < -0.4 is 10.5 Å². The third-order valence-corrected chi connectivity index (χ3v) is 3.12. The highest BCUT2D eigenvalue weighted by Crippen LogP contribution is 2.31. The number of nitrogens with zero attached hydrogens (tertiary/aromatic N) is 2. The van der Waals surface area contributed by atoms with Crippen molar-refractivity contribution >= 4 is 37.8 Å². The number of hydrogen-bond donors (Lipinski definition) is 1. The number of hydrogen-bond acceptors (Lipinski definition) is 4. The summed E-state index contributed by atoms with van der Waals surface area (Å²) >= 11 is 6.71. The Morgan fingerprint density at radius 2 is 2.06 bits per heavy atom. The third kappa shape index (κ3) is 2.95. The lowest BCUT2D eigenvalue weighted by Crippen LogP contribution is -1.98. The molecule has 88 valence electrons. The molecule has 0 unspecified atom stereocenters. The Balaban J connectivity index is 2.37. The van der Waals surface area contributed by atoms with Crippen molar-refractivity contribution in [2.24, 2.45) is 0 Å². The molecule has 2 N–H and O–H groups in total. The van der Waals surface area contributed by atoms with E-state index >= 15 is 0 Å². The first-order valence-electron chi connectivity index (χ1n) is 4.78. The number of nitrogens with two attached hydrogens (primary N) is 1. The Morgan fingerprint density at radius 1 is 1.29 bits per heavy atom. The molecule has 0 spiro atoms. The molecule has 0 radical (unpaired) electrons. The topological polar surface area (TPSA) is 61.0 Å². The van der Waals surface area contributed by atoms with Gasteiger partial charge in [-0.1, -0.05) is 22.0 Å². The average Bonchev–Trinajstić information content (AvgIpc) is 2.28. The Hall–Kier alpha value is -1.14. The van der Waals surface area contributed by atoms with Crippen LogP contribution in [-0.4, -0.2) is 9.97 Å². The molecular weight excluding hydrogens is 350 g/mol. The molecule has 2 aromatic rings. The lowest BCUT2D eigenvalue weighted by atomic mass is 10.2. The number of rotatable bonds is 2. The van der Waals surface area contributed by atoms with Gasteiger partial charge in [0, 0.05) is 4.47 Å². The summed E-state index contributed by atoms with van der Waals surface area (Å²) in [6.45, 7) is 1.96. The van der Waals surface area contributed by atoms with Gasteiger partial charge in [-0.2, -0.15) is 4.98 Å². The highest BCUT2D eigenvalue weighted by Gasteiger charge is 2.08. The largest absolute Gasteiger partial charge is 0.437 e. The van der Waals surface area contributed by atoms with Crippen molar-refractivity contribution in [3.63, 3.8) is 0 Å². The van der Waals surface area contributed by atoms with E-state index in [2.05, 4.69) is 41.8 Å². The van der Waals surface area contributed by atoms with Crippen LogP contribution in [0.5, 0.6) is 11.6 Å². The van der Waals surface area contributed by atoms with Gasteiger partial charge in [0.25, 0.3) is 0 Å². The molecule has 17 heavy (non-hydrogen) atoms. The number of anilines is 1. The predicted octanol–water partition coefficient (Wildman–Crippen LogP) is 3.68. The van der Waals surface area contributed by atoms with Gasteiger partial charge in [-0.25, -0.2) is 4.98 Å². The van der Waals surface area contributed by atoms with Crippen LogP contribution in [0.3, 0.4) is 0 Å². The monoisotopic (exact) mass is 357 g/mol. The minimum atomic E-state index is 0.177. The van der Waals surface area contributed by atoms with E-state index in [1.54, 1.807) is 6.20 Å². The van der Waals surface area contributed by atoms with Crippen LogP contribution in [0.15, 0.2) is 33.3 Å². The SMILES string of the molecule is Cc1ccc(Br)cc1Oc1nc(N)ncc1Br. The van der Waals surface area contributed by atoms with Crippen LogP contribution in [0, 0.1) is 6.92 Å². The van der Waals surface area contributed by atoms with Crippen molar-refractivity contribution in [3.05, 3.63) is 38.9 Å². The van der Waals surface area contributed by atoms with E-state index in [4.69, 9.17) is 10.5 Å². The van der Waals surface area contributed by atoms with Crippen molar-refractivity contribution in [2.45, 2.75) is 6.92 Å². The fraction of sp³-hybridized carbons (Fsp3) is 0.0909. The van der Waals surface area contributed by atoms with Crippen LogP contribution in [0.1, 0.15) is 5.56 Å². The van der Waals surface area contributed by atoms with E-state index in [0.29, 0.717) is 10.4 Å². The normalized spacial score (nSPS) is 10.3. The summed E-state index contributed by atoms with van der Waals surface area (Å²) in [5.74, 6) is 1.30. The van der Waals surface area contributed by atoms with Gasteiger partial charge in [0.1, 0.15) is 5.75 Å². The van der Waals surface area contributed by atoms with Crippen LogP contribution in [0.2, 0.25) is 0 Å². The molecule has 4 nitrogen and oxygen atoms in total. The van der Waals surface area contributed by atoms with Crippen LogP contribution in [0.4, 0.5) is 5.95 Å². The van der Waals surface area contributed by atoms with Crippen LogP contribution in [0.25, 0.3) is 0 Å². The molecular formula is C11H9Br2N3O. The summed E-state index contributed by atoms with van der Waals surface area (Å²) in [6.07, 6.45) is 1.56. The van der Waals surface area contributed by atoms with Gasteiger partial charge in [0.05, 0.1) is 10.7 Å². The Morgan fingerprint density at radius 3 is 2.82 bits per heavy atom. The van der Waals surface area contributed by atoms with Gasteiger partial charge in [0.2, 0.25) is 11.8 Å². The maximum Gasteiger partial charge on any atom is 0.238 e. The smallest absolute Gasteiger partial charge is 0.238 e. The van der Waals surface area contributed by atoms with Gasteiger partial charge in [-0.3, -0.25) is 0 Å². The third-order valence-electron chi connectivity index (χ3n) is 2.09. The Bertz CT molecular complexity index is 511. The molecule has 1 aromatic heterocycles. The lowest BCUT2D eigenvalue weighted by molar-refractivity contribution is 0.455. The summed E-state index contributed by atoms with van der Waals surface area (Å²) in [5, 5.41) is 0. The standard InChI is InChI=1S/C11H9Br2N3O/c1-6-2-3-7(12)4-9(6)17-10-8(13)5-15-11(14)16-10/h2-5H,1H3,(H2,14,15,16). The van der Waals surface area contributed by atoms with Crippen LogP contribution in [-0.2, 0) is 0 Å². The molecule has 1 heterocycles. The second-order valence-electron chi connectivity index (χ2n) is 3.39. The quantitative estimate of drug-likeness (QED) is 0.889. The molecule has 0 atom stereocenters. The molecule has 0 aliphatic rings. The first kappa shape index (κ1) is 12.3. The number of ether oxygens (including phenoxy) is 1. The van der Waals surface area contributed by atoms with Gasteiger partial charge >= 0.3 is 0 Å². The zero-order valence-electron chi connectivity index (χ0n) is 8.95. The summed E-state index contributed by atoms with van der Waals surface area (Å²) < 4.78 is 7.29. The molecule has 2 rings (SSSR count). The van der Waals surface area contributed by atoms with Crippen molar-refractivity contribution in [1.29, 1.82) is 0 Å². The summed E-state index contributed by atoms with van der Waals surface area (Å²) in [7, 11) is 0. The first-order valence-corrected chi connectivity index (χ1v) is 6.37. The zero-order valence-corrected chi connectivity index (χ0v) is 12.1. The van der Waals surface area contributed by atoms with Gasteiger partial charge in [-0.05, 0) is 40.5 Å². The second-order valence-corrected chi connectivity index (χ2v) is 5.16. The minimum Gasteiger partial charge on any atom is -0.437 e. The Labute approximate surface area is 115 Å². The fourth-order valence-electron chi connectivity index (χ4n) is 1.22. The summed E-state index contributed by atoms with van der Waals surface area (Å²) in [4.78, 5) is 7.87. The maximum atomic E-state index is 5.69. The minimum absolute atomic E-state index is 0.177. The first-order chi connectivity index (χ1) is 8.06. The molecule has 0 saturated heterocycles. The van der Waals surface area contributed by atoms with E-state index in [9.17, 15) is 0 Å². The summed E-state index contributed by atoms with van der Waals surface area (Å²) in [5.41, 5.74) is 6.53. The second kappa shape index (κ2) is 5.01. The predicted molar refractivity (Wildman–Crippen MR) is 73.1 cm³/mol. The zero-order chi connectivity index (χ0) is 12.4. The van der Waals surface area contributed by atoms with Crippen molar-refractivity contribution in [1.82, 2.24) is 9.97 Å². The molecule has 0 fully saturated rings. The number of aromatic nitrogens is 2. The molecule has 0 aliphatic heterocycles. The van der Waals surface area contributed by atoms with Crippen molar-refractivity contribution in [2.75, 3.05) is 5.73 Å². The van der Waals surface area contributed by atoms with Gasteiger partial charge < -0.3 is 10.5 Å². The van der Waals surface area contributed by atoms with Crippen molar-refractivity contribution < 1.29 is 4.74 Å². The molecule has 6 heteroatoms. The highest BCUT2D eigenvalue weighted by molar-refractivity contribution is 9.10. The van der Waals surface area contributed by atoms with E-state index in [-0.39, 0.29) is 5.95 Å². The molecule has 0 bridgehead atoms. The molecule has 1 aromatic carbocycles. The molecule has 0 saturated carbocycles. The number of nitrogen functional groups attached to an aromatic ring is 1. The molecule has 0 aliphatic carbocycles. The molecule has 0 amide bonds. The maximum absolute atomic E-state index is 5.69. The van der Waals surface area contributed by atoms with Gasteiger partial charge in [0.15, 0.2) is 0 Å². The Kier molecular flexibility index (Phi) is 3.63. The van der Waals surface area contributed by atoms with Crippen molar-refractivity contribution in [3.8, 4) is 11.6 Å². The fourth-order valence-corrected chi connectivity index (χ4v) is 1.84. The van der Waals surface area contributed by atoms with Crippen LogP contribution >= 0.6 is 31.9 Å². The highest BCUT2D eigenvalue weighted by atomic mass is 79.9. The average molecular weight is 359 g/mol. The van der Waals surface area contributed by atoms with E-state index in [1.807, 2.05) is 25.1 Å². The van der Waals surface area contributed by atoms with E-state index in [1.165, 1.54) is 0 Å².